The molecule has 0 aliphatic heterocycles. The Balaban J connectivity index is 1.51. The summed E-state index contributed by atoms with van der Waals surface area (Å²) in [7, 11) is 3.31. The summed E-state index contributed by atoms with van der Waals surface area (Å²) in [5, 5.41) is 23.9. The van der Waals surface area contributed by atoms with Gasteiger partial charge in [0.2, 0.25) is 0 Å². The molecule has 0 bridgehead atoms. The van der Waals surface area contributed by atoms with Crippen LogP contribution in [-0.2, 0) is 0 Å². The summed E-state index contributed by atoms with van der Waals surface area (Å²) in [5.74, 6) is 1.59. The summed E-state index contributed by atoms with van der Waals surface area (Å²) in [6, 6.07) is 35.9. The Morgan fingerprint density at radius 2 is 0.895 bits per heavy atom. The van der Waals surface area contributed by atoms with E-state index in [9.17, 15) is 10.5 Å². The van der Waals surface area contributed by atoms with Crippen LogP contribution in [0.3, 0.4) is 0 Å². The first-order valence-corrected chi connectivity index (χ1v) is 12.1. The van der Waals surface area contributed by atoms with Crippen molar-refractivity contribution in [1.82, 2.24) is 0 Å². The molecule has 5 aromatic carbocycles. The van der Waals surface area contributed by atoms with Crippen LogP contribution < -0.4 is 9.47 Å². The predicted octanol–water partition coefficient (Wildman–Crippen LogP) is 8.14. The van der Waals surface area contributed by atoms with Crippen molar-refractivity contribution in [3.05, 3.63) is 119 Å². The van der Waals surface area contributed by atoms with Crippen LogP contribution in [0.2, 0.25) is 0 Å². The van der Waals surface area contributed by atoms with E-state index in [-0.39, 0.29) is 0 Å². The molecule has 5 rings (SSSR count). The number of hydrogen-bond acceptors (Lipinski definition) is 4. The Kier molecular flexibility index (Phi) is 6.89. The maximum absolute atomic E-state index is 9.96. The SMILES string of the molecule is COc1ccc(C=C(C#N)c2ccc(C(C#N)=Cc3ccc(OC)c4ccccc34)cc2)c2ccccc12. The molecular weight excluding hydrogens is 468 g/mol. The van der Waals surface area contributed by atoms with Gasteiger partial charge in [-0.15, -0.1) is 0 Å². The highest BCUT2D eigenvalue weighted by atomic mass is 16.5. The van der Waals surface area contributed by atoms with E-state index >= 15 is 0 Å². The lowest BCUT2D eigenvalue weighted by atomic mass is 9.96. The number of allylic oxidation sites excluding steroid dienone is 2. The molecule has 0 unspecified atom stereocenters. The topological polar surface area (TPSA) is 66.0 Å². The Labute approximate surface area is 221 Å². The Morgan fingerprint density at radius 1 is 0.526 bits per heavy atom. The predicted molar refractivity (Wildman–Crippen MR) is 154 cm³/mol. The maximum atomic E-state index is 9.96. The third-order valence-electron chi connectivity index (χ3n) is 6.62. The van der Waals surface area contributed by atoms with Crippen molar-refractivity contribution in [3.63, 3.8) is 0 Å². The fourth-order valence-electron chi connectivity index (χ4n) is 4.70. The van der Waals surface area contributed by atoms with Crippen molar-refractivity contribution in [1.29, 1.82) is 10.5 Å². The highest BCUT2D eigenvalue weighted by Crippen LogP contribution is 2.32. The van der Waals surface area contributed by atoms with Crippen molar-refractivity contribution < 1.29 is 9.47 Å². The van der Waals surface area contributed by atoms with E-state index in [1.165, 1.54) is 0 Å². The molecule has 182 valence electrons. The van der Waals surface area contributed by atoms with Gasteiger partial charge < -0.3 is 9.47 Å². The van der Waals surface area contributed by atoms with Crippen LogP contribution in [-0.4, -0.2) is 14.2 Å². The van der Waals surface area contributed by atoms with Gasteiger partial charge in [0.1, 0.15) is 11.5 Å². The molecule has 0 aliphatic carbocycles. The molecule has 5 aromatic rings. The van der Waals surface area contributed by atoms with Crippen molar-refractivity contribution in [2.24, 2.45) is 0 Å². The van der Waals surface area contributed by atoms with Crippen LogP contribution in [0.15, 0.2) is 97.1 Å². The standard InChI is InChI=1S/C34H24N2O2/c1-37-33-17-15-25(29-7-3-5-9-31(29)33)19-27(21-35)23-11-13-24(14-12-23)28(22-36)20-26-16-18-34(38-2)32-10-6-4-8-30(26)32/h3-20H,1-2H3. The van der Waals surface area contributed by atoms with Crippen molar-refractivity contribution in [2.45, 2.75) is 0 Å². The molecule has 0 aliphatic rings. The number of hydrogen-bond donors (Lipinski definition) is 0. The van der Waals surface area contributed by atoms with Gasteiger partial charge in [0, 0.05) is 10.8 Å². The fraction of sp³-hybridized carbons (Fsp3) is 0.0588. The minimum atomic E-state index is 0.538. The van der Waals surface area contributed by atoms with Crippen molar-refractivity contribution in [2.75, 3.05) is 14.2 Å². The number of benzene rings is 5. The number of nitriles is 2. The molecule has 0 atom stereocenters. The van der Waals surface area contributed by atoms with Crippen molar-refractivity contribution in [3.8, 4) is 23.6 Å². The summed E-state index contributed by atoms with van der Waals surface area (Å²) < 4.78 is 11.0. The van der Waals surface area contributed by atoms with Crippen LogP contribution in [0.25, 0.3) is 44.8 Å². The van der Waals surface area contributed by atoms with Gasteiger partial charge in [0.15, 0.2) is 0 Å². The average molecular weight is 493 g/mol. The number of ether oxygens (including phenoxy) is 2. The highest BCUT2D eigenvalue weighted by Gasteiger charge is 2.10. The molecule has 0 saturated heterocycles. The normalized spacial score (nSPS) is 11.7. The zero-order valence-corrected chi connectivity index (χ0v) is 21.1. The molecule has 0 spiro atoms. The van der Waals surface area contributed by atoms with Gasteiger partial charge in [-0.3, -0.25) is 0 Å². The van der Waals surface area contributed by atoms with E-state index in [1.54, 1.807) is 14.2 Å². The first-order chi connectivity index (χ1) is 18.7. The summed E-state index contributed by atoms with van der Waals surface area (Å²) in [6.07, 6.45) is 3.78. The summed E-state index contributed by atoms with van der Waals surface area (Å²) in [6.45, 7) is 0. The third-order valence-corrected chi connectivity index (χ3v) is 6.62. The lowest BCUT2D eigenvalue weighted by molar-refractivity contribution is 0.419. The van der Waals surface area contributed by atoms with Crippen LogP contribution in [0.4, 0.5) is 0 Å². The van der Waals surface area contributed by atoms with Crippen LogP contribution >= 0.6 is 0 Å². The minimum Gasteiger partial charge on any atom is -0.496 e. The molecule has 0 heterocycles. The Morgan fingerprint density at radius 3 is 1.24 bits per heavy atom. The zero-order valence-electron chi connectivity index (χ0n) is 21.1. The van der Waals surface area contributed by atoms with E-state index in [0.717, 1.165) is 55.3 Å². The van der Waals surface area contributed by atoms with Gasteiger partial charge in [-0.05, 0) is 57.3 Å². The summed E-state index contributed by atoms with van der Waals surface area (Å²) in [5.41, 5.74) is 4.51. The fourth-order valence-corrected chi connectivity index (χ4v) is 4.70. The van der Waals surface area contributed by atoms with Crippen LogP contribution in [0, 0.1) is 22.7 Å². The Hall–Kier alpha value is -5.32. The molecular formula is C34H24N2O2. The molecule has 0 N–H and O–H groups in total. The molecule has 0 aromatic heterocycles. The molecule has 0 radical (unpaired) electrons. The largest absolute Gasteiger partial charge is 0.496 e. The second-order valence-corrected chi connectivity index (χ2v) is 8.72. The molecule has 38 heavy (non-hydrogen) atoms. The average Bonchev–Trinajstić information content (AvgIpc) is 2.98. The second kappa shape index (κ2) is 10.7. The van der Waals surface area contributed by atoms with Gasteiger partial charge in [0.25, 0.3) is 0 Å². The zero-order chi connectivity index (χ0) is 26.5. The summed E-state index contributed by atoms with van der Waals surface area (Å²) in [4.78, 5) is 0. The van der Waals surface area contributed by atoms with Gasteiger partial charge in [-0.2, -0.15) is 10.5 Å². The van der Waals surface area contributed by atoms with E-state index < -0.39 is 0 Å². The van der Waals surface area contributed by atoms with Crippen molar-refractivity contribution >= 4 is 44.8 Å². The molecule has 0 saturated carbocycles. The quantitative estimate of drug-likeness (QED) is 0.177. The first-order valence-electron chi connectivity index (χ1n) is 12.1. The monoisotopic (exact) mass is 492 g/mol. The van der Waals surface area contributed by atoms with Gasteiger partial charge in [0.05, 0.1) is 37.5 Å². The van der Waals surface area contributed by atoms with E-state index in [4.69, 9.17) is 9.47 Å². The maximum Gasteiger partial charge on any atom is 0.126 e. The van der Waals surface area contributed by atoms with E-state index in [0.29, 0.717) is 11.1 Å². The van der Waals surface area contributed by atoms with Crippen LogP contribution in [0.5, 0.6) is 11.5 Å². The van der Waals surface area contributed by atoms with Gasteiger partial charge in [-0.25, -0.2) is 0 Å². The lowest BCUT2D eigenvalue weighted by Crippen LogP contribution is -1.89. The number of nitrogens with zero attached hydrogens (tertiary/aromatic N) is 2. The summed E-state index contributed by atoms with van der Waals surface area (Å²) >= 11 is 0. The van der Waals surface area contributed by atoms with E-state index in [1.807, 2.05) is 109 Å². The molecule has 0 fully saturated rings. The van der Waals surface area contributed by atoms with Gasteiger partial charge in [-0.1, -0.05) is 84.9 Å². The lowest BCUT2D eigenvalue weighted by Gasteiger charge is -2.09. The van der Waals surface area contributed by atoms with Gasteiger partial charge >= 0.3 is 0 Å². The molecule has 4 heteroatoms. The smallest absolute Gasteiger partial charge is 0.126 e. The second-order valence-electron chi connectivity index (χ2n) is 8.72. The molecule has 4 nitrogen and oxygen atoms in total. The number of methoxy groups -OCH3 is 2. The third kappa shape index (κ3) is 4.60. The first kappa shape index (κ1) is 24.4. The minimum absolute atomic E-state index is 0.538. The van der Waals surface area contributed by atoms with Crippen LogP contribution in [0.1, 0.15) is 22.3 Å². The Bertz CT molecular complexity index is 1670. The number of fused-ring (bicyclic) bond motifs is 2. The van der Waals surface area contributed by atoms with E-state index in [2.05, 4.69) is 12.1 Å². The highest BCUT2D eigenvalue weighted by molar-refractivity contribution is 6.02. The molecule has 0 amide bonds. The number of rotatable bonds is 6.